The van der Waals surface area contributed by atoms with Gasteiger partial charge in [0.05, 0.1) is 7.11 Å². The van der Waals surface area contributed by atoms with E-state index in [1.54, 1.807) is 29.2 Å². The van der Waals surface area contributed by atoms with Gasteiger partial charge >= 0.3 is 12.1 Å². The summed E-state index contributed by atoms with van der Waals surface area (Å²) >= 11 is 0. The first kappa shape index (κ1) is 14.8. The van der Waals surface area contributed by atoms with Crippen molar-refractivity contribution in [1.29, 1.82) is 0 Å². The number of anilines is 2. The first-order chi connectivity index (χ1) is 9.10. The molecule has 6 heteroatoms. The van der Waals surface area contributed by atoms with Crippen molar-refractivity contribution in [1.82, 2.24) is 4.90 Å². The van der Waals surface area contributed by atoms with Crippen molar-refractivity contribution >= 4 is 23.5 Å². The van der Waals surface area contributed by atoms with E-state index in [4.69, 9.17) is 0 Å². The number of carbonyl (C=O) groups is 2. The largest absolute Gasteiger partial charge is 0.453 e. The van der Waals surface area contributed by atoms with Crippen LogP contribution in [0, 0.1) is 0 Å². The Balaban J connectivity index is 2.61. The van der Waals surface area contributed by atoms with Gasteiger partial charge in [-0.25, -0.2) is 9.59 Å². The number of amides is 3. The first-order valence-electron chi connectivity index (χ1n) is 6.11. The Bertz CT molecular complexity index is 427. The molecule has 1 rings (SSSR count). The van der Waals surface area contributed by atoms with Gasteiger partial charge in [-0.1, -0.05) is 0 Å². The molecule has 0 heterocycles. The molecule has 0 bridgehead atoms. The Hall–Kier alpha value is -2.24. The van der Waals surface area contributed by atoms with E-state index in [1.807, 2.05) is 13.8 Å². The molecule has 0 atom stereocenters. The van der Waals surface area contributed by atoms with E-state index in [-0.39, 0.29) is 6.03 Å². The van der Waals surface area contributed by atoms with Crippen LogP contribution >= 0.6 is 0 Å². The minimum absolute atomic E-state index is 0.140. The van der Waals surface area contributed by atoms with Crippen molar-refractivity contribution in [3.63, 3.8) is 0 Å². The van der Waals surface area contributed by atoms with Crippen molar-refractivity contribution in [2.45, 2.75) is 13.8 Å². The van der Waals surface area contributed by atoms with Gasteiger partial charge in [-0.3, -0.25) is 5.32 Å². The molecule has 0 saturated carbocycles. The lowest BCUT2D eigenvalue weighted by atomic mass is 10.3. The number of hydrogen-bond donors (Lipinski definition) is 2. The number of rotatable bonds is 4. The quantitative estimate of drug-likeness (QED) is 0.879. The van der Waals surface area contributed by atoms with Crippen LogP contribution in [0.4, 0.5) is 21.0 Å². The van der Waals surface area contributed by atoms with Gasteiger partial charge in [-0.05, 0) is 38.1 Å². The molecule has 0 radical (unpaired) electrons. The summed E-state index contributed by atoms with van der Waals surface area (Å²) in [7, 11) is 1.30. The number of benzene rings is 1. The van der Waals surface area contributed by atoms with E-state index in [1.165, 1.54) is 7.11 Å². The monoisotopic (exact) mass is 265 g/mol. The average molecular weight is 265 g/mol. The summed E-state index contributed by atoms with van der Waals surface area (Å²) in [6.07, 6.45) is -0.528. The SMILES string of the molecule is CCN(CC)C(=O)Nc1ccc(NC(=O)OC)cc1. The smallest absolute Gasteiger partial charge is 0.411 e. The van der Waals surface area contributed by atoms with E-state index >= 15 is 0 Å². The molecule has 6 nitrogen and oxygen atoms in total. The molecule has 0 unspecified atom stereocenters. The second-order valence-electron chi connectivity index (χ2n) is 3.80. The second-order valence-corrected chi connectivity index (χ2v) is 3.80. The summed E-state index contributed by atoms with van der Waals surface area (Å²) < 4.78 is 4.48. The number of nitrogens with one attached hydrogen (secondary N) is 2. The Morgan fingerprint density at radius 3 is 1.95 bits per heavy atom. The summed E-state index contributed by atoms with van der Waals surface area (Å²) in [6.45, 7) is 5.16. The van der Waals surface area contributed by atoms with Gasteiger partial charge < -0.3 is 15.0 Å². The van der Waals surface area contributed by atoms with Crippen LogP contribution in [0.1, 0.15) is 13.8 Å². The number of nitrogens with zero attached hydrogens (tertiary/aromatic N) is 1. The Morgan fingerprint density at radius 1 is 1.05 bits per heavy atom. The van der Waals surface area contributed by atoms with Crippen LogP contribution in [0.25, 0.3) is 0 Å². The molecule has 104 valence electrons. The summed E-state index contributed by atoms with van der Waals surface area (Å²) in [5.74, 6) is 0. The van der Waals surface area contributed by atoms with E-state index in [0.717, 1.165) is 0 Å². The van der Waals surface area contributed by atoms with Crippen LogP contribution in [-0.4, -0.2) is 37.2 Å². The van der Waals surface area contributed by atoms with E-state index in [9.17, 15) is 9.59 Å². The van der Waals surface area contributed by atoms with E-state index in [2.05, 4.69) is 15.4 Å². The molecular weight excluding hydrogens is 246 g/mol. The number of methoxy groups -OCH3 is 1. The zero-order valence-corrected chi connectivity index (χ0v) is 11.4. The minimum Gasteiger partial charge on any atom is -0.453 e. The molecule has 0 fully saturated rings. The van der Waals surface area contributed by atoms with Crippen molar-refractivity contribution < 1.29 is 14.3 Å². The highest BCUT2D eigenvalue weighted by molar-refractivity contribution is 5.90. The summed E-state index contributed by atoms with van der Waals surface area (Å²) in [5.41, 5.74) is 1.28. The van der Waals surface area contributed by atoms with Gasteiger partial charge in [-0.2, -0.15) is 0 Å². The minimum atomic E-state index is -0.528. The van der Waals surface area contributed by atoms with Crippen molar-refractivity contribution in [2.75, 3.05) is 30.8 Å². The lowest BCUT2D eigenvalue weighted by Crippen LogP contribution is -2.34. The van der Waals surface area contributed by atoms with Gasteiger partial charge in [-0.15, -0.1) is 0 Å². The Morgan fingerprint density at radius 2 is 1.53 bits per heavy atom. The summed E-state index contributed by atoms with van der Waals surface area (Å²) in [6, 6.07) is 6.67. The van der Waals surface area contributed by atoms with Gasteiger partial charge in [0.1, 0.15) is 0 Å². The molecular formula is C13H19N3O3. The van der Waals surface area contributed by atoms with E-state index < -0.39 is 6.09 Å². The summed E-state index contributed by atoms with van der Waals surface area (Å²) in [5, 5.41) is 5.31. The van der Waals surface area contributed by atoms with Crippen molar-refractivity contribution in [3.05, 3.63) is 24.3 Å². The molecule has 0 saturated heterocycles. The maximum Gasteiger partial charge on any atom is 0.411 e. The average Bonchev–Trinajstić information content (AvgIpc) is 2.42. The fourth-order valence-electron chi connectivity index (χ4n) is 1.52. The Kier molecular flexibility index (Phi) is 5.66. The molecule has 0 aliphatic carbocycles. The lowest BCUT2D eigenvalue weighted by molar-refractivity contribution is 0.187. The fraction of sp³-hybridized carbons (Fsp3) is 0.385. The normalized spacial score (nSPS) is 9.63. The van der Waals surface area contributed by atoms with Gasteiger partial charge in [0, 0.05) is 24.5 Å². The number of carbonyl (C=O) groups excluding carboxylic acids is 2. The fourth-order valence-corrected chi connectivity index (χ4v) is 1.52. The molecule has 3 amide bonds. The number of hydrogen-bond acceptors (Lipinski definition) is 3. The third kappa shape index (κ3) is 4.50. The zero-order chi connectivity index (χ0) is 14.3. The maximum atomic E-state index is 11.8. The highest BCUT2D eigenvalue weighted by Gasteiger charge is 2.09. The van der Waals surface area contributed by atoms with Crippen LogP contribution in [0.2, 0.25) is 0 Å². The first-order valence-corrected chi connectivity index (χ1v) is 6.11. The zero-order valence-electron chi connectivity index (χ0n) is 11.4. The second kappa shape index (κ2) is 7.25. The van der Waals surface area contributed by atoms with Gasteiger partial charge in [0.2, 0.25) is 0 Å². The maximum absolute atomic E-state index is 11.8. The van der Waals surface area contributed by atoms with Gasteiger partial charge in [0.15, 0.2) is 0 Å². The molecule has 1 aromatic rings. The van der Waals surface area contributed by atoms with Crippen LogP contribution < -0.4 is 10.6 Å². The number of ether oxygens (including phenoxy) is 1. The van der Waals surface area contributed by atoms with Crippen LogP contribution in [0.15, 0.2) is 24.3 Å². The van der Waals surface area contributed by atoms with E-state index in [0.29, 0.717) is 24.5 Å². The highest BCUT2D eigenvalue weighted by Crippen LogP contribution is 2.14. The highest BCUT2D eigenvalue weighted by atomic mass is 16.5. The predicted molar refractivity (Wildman–Crippen MR) is 74.4 cm³/mol. The third-order valence-corrected chi connectivity index (χ3v) is 2.62. The molecule has 0 aliphatic heterocycles. The topological polar surface area (TPSA) is 70.7 Å². The molecule has 0 aliphatic rings. The van der Waals surface area contributed by atoms with Crippen LogP contribution in [-0.2, 0) is 4.74 Å². The van der Waals surface area contributed by atoms with Crippen LogP contribution in [0.5, 0.6) is 0 Å². The molecule has 2 N–H and O–H groups in total. The molecule has 19 heavy (non-hydrogen) atoms. The molecule has 0 spiro atoms. The van der Waals surface area contributed by atoms with Crippen molar-refractivity contribution in [2.24, 2.45) is 0 Å². The molecule has 1 aromatic carbocycles. The van der Waals surface area contributed by atoms with Crippen LogP contribution in [0.3, 0.4) is 0 Å². The Labute approximate surface area is 112 Å². The lowest BCUT2D eigenvalue weighted by Gasteiger charge is -2.19. The predicted octanol–water partition coefficient (Wildman–Crippen LogP) is 2.74. The van der Waals surface area contributed by atoms with Gasteiger partial charge in [0.25, 0.3) is 0 Å². The third-order valence-electron chi connectivity index (χ3n) is 2.62. The molecule has 0 aromatic heterocycles. The standard InChI is InChI=1S/C13H19N3O3/c1-4-16(5-2)12(17)14-10-6-8-11(9-7-10)15-13(18)19-3/h6-9H,4-5H2,1-3H3,(H,14,17)(H,15,18). The number of urea groups is 1. The summed E-state index contributed by atoms with van der Waals surface area (Å²) in [4.78, 5) is 24.5. The van der Waals surface area contributed by atoms with Crippen molar-refractivity contribution in [3.8, 4) is 0 Å².